The van der Waals surface area contributed by atoms with Gasteiger partial charge in [-0.2, -0.15) is 0 Å². The minimum atomic E-state index is 0.122. The number of carbonyl (C=O) groups excluding carboxylic acids is 1. The molecule has 0 aliphatic heterocycles. The summed E-state index contributed by atoms with van der Waals surface area (Å²) >= 11 is 5.88. The van der Waals surface area contributed by atoms with Crippen molar-refractivity contribution >= 4 is 17.5 Å². The molecule has 0 unspecified atom stereocenters. The number of rotatable bonds is 5. The van der Waals surface area contributed by atoms with Crippen molar-refractivity contribution in [2.24, 2.45) is 0 Å². The first kappa shape index (κ1) is 13.8. The predicted octanol–water partition coefficient (Wildman–Crippen LogP) is 2.90. The van der Waals surface area contributed by atoms with Crippen LogP contribution in [-0.2, 0) is 4.79 Å². The van der Waals surface area contributed by atoms with Gasteiger partial charge in [-0.05, 0) is 31.0 Å². The van der Waals surface area contributed by atoms with Crippen LogP contribution in [-0.4, -0.2) is 31.5 Å². The normalized spacial score (nSPS) is 10.1. The maximum absolute atomic E-state index is 11.3. The maximum Gasteiger partial charge on any atom is 0.222 e. The number of carbonyl (C=O) groups is 1. The van der Waals surface area contributed by atoms with Gasteiger partial charge in [-0.3, -0.25) is 4.79 Å². The Morgan fingerprint density at radius 3 is 2.76 bits per heavy atom. The number of amides is 1. The highest BCUT2D eigenvalue weighted by molar-refractivity contribution is 6.30. The monoisotopic (exact) mass is 255 g/mol. The van der Waals surface area contributed by atoms with Crippen molar-refractivity contribution in [1.29, 1.82) is 0 Å². The Morgan fingerprint density at radius 1 is 1.41 bits per heavy atom. The minimum absolute atomic E-state index is 0.122. The van der Waals surface area contributed by atoms with E-state index < -0.39 is 0 Å². The summed E-state index contributed by atoms with van der Waals surface area (Å²) in [7, 11) is 3.51. The molecule has 0 saturated heterocycles. The van der Waals surface area contributed by atoms with Gasteiger partial charge in [0.05, 0.1) is 6.61 Å². The Bertz CT molecular complexity index is 391. The highest BCUT2D eigenvalue weighted by Gasteiger charge is 2.04. The summed E-state index contributed by atoms with van der Waals surface area (Å²) in [5.74, 6) is 0.909. The average molecular weight is 256 g/mol. The van der Waals surface area contributed by atoms with Crippen molar-refractivity contribution in [2.75, 3.05) is 20.7 Å². The fourth-order valence-corrected chi connectivity index (χ4v) is 1.52. The molecule has 1 rings (SSSR count). The van der Waals surface area contributed by atoms with Gasteiger partial charge >= 0.3 is 0 Å². The van der Waals surface area contributed by atoms with E-state index in [9.17, 15) is 4.79 Å². The van der Waals surface area contributed by atoms with E-state index in [-0.39, 0.29) is 5.91 Å². The summed E-state index contributed by atoms with van der Waals surface area (Å²) in [4.78, 5) is 12.9. The largest absolute Gasteiger partial charge is 0.493 e. The molecule has 0 atom stereocenters. The van der Waals surface area contributed by atoms with Crippen molar-refractivity contribution in [3.63, 3.8) is 0 Å². The van der Waals surface area contributed by atoms with E-state index in [1.165, 1.54) is 0 Å². The number of nitrogens with zero attached hydrogens (tertiary/aromatic N) is 1. The van der Waals surface area contributed by atoms with Gasteiger partial charge in [0, 0.05) is 25.5 Å². The molecule has 17 heavy (non-hydrogen) atoms. The van der Waals surface area contributed by atoms with Crippen LogP contribution in [0.15, 0.2) is 18.2 Å². The fraction of sp³-hybridized carbons (Fsp3) is 0.462. The highest BCUT2D eigenvalue weighted by atomic mass is 35.5. The van der Waals surface area contributed by atoms with Crippen LogP contribution in [0.2, 0.25) is 5.02 Å². The van der Waals surface area contributed by atoms with E-state index >= 15 is 0 Å². The summed E-state index contributed by atoms with van der Waals surface area (Å²) in [5, 5.41) is 0.662. The number of hydrogen-bond donors (Lipinski definition) is 0. The van der Waals surface area contributed by atoms with Gasteiger partial charge in [-0.15, -0.1) is 0 Å². The van der Waals surface area contributed by atoms with Crippen molar-refractivity contribution < 1.29 is 9.53 Å². The standard InChI is InChI=1S/C13H18ClNO2/c1-10-6-7-11(14)9-12(10)17-8-4-5-13(16)15(2)3/h6-7,9H,4-5,8H2,1-3H3. The molecular weight excluding hydrogens is 238 g/mol. The molecule has 0 spiro atoms. The first-order chi connectivity index (χ1) is 8.00. The number of aryl methyl sites for hydroxylation is 1. The minimum Gasteiger partial charge on any atom is -0.493 e. The number of hydrogen-bond acceptors (Lipinski definition) is 2. The first-order valence-corrected chi connectivity index (χ1v) is 5.97. The van der Waals surface area contributed by atoms with Gasteiger partial charge in [-0.25, -0.2) is 0 Å². The smallest absolute Gasteiger partial charge is 0.222 e. The van der Waals surface area contributed by atoms with Crippen molar-refractivity contribution in [3.05, 3.63) is 28.8 Å². The molecule has 0 aliphatic rings. The van der Waals surface area contributed by atoms with E-state index in [1.807, 2.05) is 19.1 Å². The summed E-state index contributed by atoms with van der Waals surface area (Å²) < 4.78 is 5.59. The topological polar surface area (TPSA) is 29.5 Å². The fourth-order valence-electron chi connectivity index (χ4n) is 1.36. The van der Waals surface area contributed by atoms with Gasteiger partial charge < -0.3 is 9.64 Å². The van der Waals surface area contributed by atoms with Gasteiger partial charge in [0.15, 0.2) is 0 Å². The third-order valence-corrected chi connectivity index (χ3v) is 2.68. The average Bonchev–Trinajstić information content (AvgIpc) is 2.28. The third kappa shape index (κ3) is 4.65. The lowest BCUT2D eigenvalue weighted by Gasteiger charge is -2.11. The van der Waals surface area contributed by atoms with Crippen molar-refractivity contribution in [1.82, 2.24) is 4.90 Å². The Kier molecular flexibility index (Phi) is 5.29. The molecule has 0 fully saturated rings. The second-order valence-corrected chi connectivity index (χ2v) is 4.59. The number of benzene rings is 1. The van der Waals surface area contributed by atoms with Gasteiger partial charge in [0.1, 0.15) is 5.75 Å². The Balaban J connectivity index is 2.36. The first-order valence-electron chi connectivity index (χ1n) is 5.60. The predicted molar refractivity (Wildman–Crippen MR) is 69.6 cm³/mol. The molecule has 3 nitrogen and oxygen atoms in total. The molecule has 94 valence electrons. The molecule has 0 heterocycles. The Morgan fingerprint density at radius 2 is 2.12 bits per heavy atom. The molecule has 0 aromatic heterocycles. The van der Waals surface area contributed by atoms with Crippen LogP contribution in [0.1, 0.15) is 18.4 Å². The lowest BCUT2D eigenvalue weighted by atomic mass is 10.2. The van der Waals surface area contributed by atoms with E-state index in [4.69, 9.17) is 16.3 Å². The Labute approximate surface area is 107 Å². The van der Waals surface area contributed by atoms with Crippen molar-refractivity contribution in [2.45, 2.75) is 19.8 Å². The third-order valence-electron chi connectivity index (χ3n) is 2.44. The summed E-state index contributed by atoms with van der Waals surface area (Å²) in [6.45, 7) is 2.50. The van der Waals surface area contributed by atoms with Gasteiger partial charge in [0.25, 0.3) is 0 Å². The molecular formula is C13H18ClNO2. The second-order valence-electron chi connectivity index (χ2n) is 4.15. The van der Waals surface area contributed by atoms with Crippen molar-refractivity contribution in [3.8, 4) is 5.75 Å². The van der Waals surface area contributed by atoms with Crippen LogP contribution in [0, 0.1) is 6.92 Å². The number of halogens is 1. The molecule has 1 amide bonds. The zero-order valence-electron chi connectivity index (χ0n) is 10.5. The number of ether oxygens (including phenoxy) is 1. The second kappa shape index (κ2) is 6.50. The molecule has 1 aromatic rings. The molecule has 1 aromatic carbocycles. The van der Waals surface area contributed by atoms with E-state index in [0.717, 1.165) is 11.3 Å². The lowest BCUT2D eigenvalue weighted by Crippen LogP contribution is -2.21. The van der Waals surface area contributed by atoms with Crippen LogP contribution < -0.4 is 4.74 Å². The molecule has 0 bridgehead atoms. The highest BCUT2D eigenvalue weighted by Crippen LogP contribution is 2.22. The van der Waals surface area contributed by atoms with Crippen LogP contribution in [0.25, 0.3) is 0 Å². The summed E-state index contributed by atoms with van der Waals surface area (Å²) in [6, 6.07) is 5.55. The molecule has 0 aliphatic carbocycles. The van der Waals surface area contributed by atoms with E-state index in [0.29, 0.717) is 24.5 Å². The quantitative estimate of drug-likeness (QED) is 0.758. The van der Waals surface area contributed by atoms with E-state index in [2.05, 4.69) is 0 Å². The maximum atomic E-state index is 11.3. The summed E-state index contributed by atoms with van der Waals surface area (Å²) in [5.41, 5.74) is 1.05. The van der Waals surface area contributed by atoms with Crippen LogP contribution in [0.5, 0.6) is 5.75 Å². The van der Waals surface area contributed by atoms with Crippen LogP contribution in [0.4, 0.5) is 0 Å². The molecule has 4 heteroatoms. The zero-order valence-corrected chi connectivity index (χ0v) is 11.3. The summed E-state index contributed by atoms with van der Waals surface area (Å²) in [6.07, 6.45) is 1.22. The van der Waals surface area contributed by atoms with Gasteiger partial charge in [0.2, 0.25) is 5.91 Å². The molecule has 0 saturated carbocycles. The van der Waals surface area contributed by atoms with Gasteiger partial charge in [-0.1, -0.05) is 17.7 Å². The Hall–Kier alpha value is -1.22. The lowest BCUT2D eigenvalue weighted by molar-refractivity contribution is -0.128. The van der Waals surface area contributed by atoms with Crippen LogP contribution >= 0.6 is 11.6 Å². The molecule has 0 N–H and O–H groups in total. The SMILES string of the molecule is Cc1ccc(Cl)cc1OCCCC(=O)N(C)C. The van der Waals surface area contributed by atoms with E-state index in [1.54, 1.807) is 25.1 Å². The molecule has 0 radical (unpaired) electrons. The zero-order chi connectivity index (χ0) is 12.8. The van der Waals surface area contributed by atoms with Crippen LogP contribution in [0.3, 0.4) is 0 Å².